The average molecular weight is 291 g/mol. The predicted octanol–water partition coefficient (Wildman–Crippen LogP) is 1.90. The Morgan fingerprint density at radius 2 is 2.11 bits per heavy atom. The van der Waals surface area contributed by atoms with E-state index in [0.717, 1.165) is 5.69 Å². The van der Waals surface area contributed by atoms with Gasteiger partial charge in [0.25, 0.3) is 0 Å². The van der Waals surface area contributed by atoms with Crippen molar-refractivity contribution in [3.63, 3.8) is 0 Å². The van der Waals surface area contributed by atoms with E-state index in [-0.39, 0.29) is 11.8 Å². The van der Waals surface area contributed by atoms with Crippen molar-refractivity contribution >= 4 is 21.6 Å². The Labute approximate surface area is 114 Å². The van der Waals surface area contributed by atoms with Crippen LogP contribution in [0.5, 0.6) is 0 Å². The molecule has 0 spiro atoms. The van der Waals surface area contributed by atoms with E-state index in [0.29, 0.717) is 18.8 Å². The van der Waals surface area contributed by atoms with E-state index in [1.165, 1.54) is 4.31 Å². The fourth-order valence-corrected chi connectivity index (χ4v) is 3.69. The van der Waals surface area contributed by atoms with Gasteiger partial charge in [0.05, 0.1) is 5.75 Å². The molecule has 0 N–H and O–H groups in total. The number of pyridine rings is 1. The molecule has 0 fully saturated rings. The lowest BCUT2D eigenvalue weighted by Crippen LogP contribution is -2.40. The van der Waals surface area contributed by atoms with E-state index in [4.69, 9.17) is 11.6 Å². The standard InChI is InChI=1S/C12H19ClN2O2S/c1-11(2)15(9-7-13)18(16,17)10-6-12-5-3-4-8-14-12/h3-5,8,11H,6-7,9-10H2,1-2H3. The summed E-state index contributed by atoms with van der Waals surface area (Å²) in [6, 6.07) is 5.42. The van der Waals surface area contributed by atoms with Crippen LogP contribution in [0.1, 0.15) is 19.5 Å². The van der Waals surface area contributed by atoms with Gasteiger partial charge in [-0.3, -0.25) is 4.98 Å². The second-order valence-corrected chi connectivity index (χ2v) is 6.70. The van der Waals surface area contributed by atoms with Crippen molar-refractivity contribution in [2.75, 3.05) is 18.2 Å². The Hall–Kier alpha value is -0.650. The molecule has 1 heterocycles. The van der Waals surface area contributed by atoms with Gasteiger partial charge < -0.3 is 0 Å². The lowest BCUT2D eigenvalue weighted by molar-refractivity contribution is 0.370. The zero-order valence-corrected chi connectivity index (χ0v) is 12.3. The molecular formula is C12H19ClN2O2S. The maximum Gasteiger partial charge on any atom is 0.214 e. The minimum Gasteiger partial charge on any atom is -0.261 e. The maximum atomic E-state index is 12.2. The quantitative estimate of drug-likeness (QED) is 0.721. The highest BCUT2D eigenvalue weighted by Crippen LogP contribution is 2.09. The van der Waals surface area contributed by atoms with E-state index in [9.17, 15) is 8.42 Å². The van der Waals surface area contributed by atoms with Gasteiger partial charge in [-0.1, -0.05) is 6.07 Å². The molecule has 1 aromatic rings. The first kappa shape index (κ1) is 15.4. The van der Waals surface area contributed by atoms with Crippen LogP contribution in [-0.4, -0.2) is 41.9 Å². The summed E-state index contributed by atoms with van der Waals surface area (Å²) in [4.78, 5) is 4.12. The number of halogens is 1. The van der Waals surface area contributed by atoms with Gasteiger partial charge in [-0.25, -0.2) is 8.42 Å². The molecule has 0 amide bonds. The van der Waals surface area contributed by atoms with E-state index in [1.54, 1.807) is 6.20 Å². The van der Waals surface area contributed by atoms with E-state index in [1.807, 2.05) is 32.0 Å². The normalized spacial score (nSPS) is 12.3. The molecule has 0 aliphatic heterocycles. The van der Waals surface area contributed by atoms with Gasteiger partial charge in [0.15, 0.2) is 0 Å². The molecule has 0 bridgehead atoms. The Morgan fingerprint density at radius 1 is 1.39 bits per heavy atom. The predicted molar refractivity (Wildman–Crippen MR) is 74.3 cm³/mol. The van der Waals surface area contributed by atoms with Crippen LogP contribution >= 0.6 is 11.6 Å². The third kappa shape index (κ3) is 4.55. The van der Waals surface area contributed by atoms with Crippen LogP contribution in [0.15, 0.2) is 24.4 Å². The van der Waals surface area contributed by atoms with Crippen LogP contribution in [0.4, 0.5) is 0 Å². The summed E-state index contributed by atoms with van der Waals surface area (Å²) in [5, 5.41) is 0. The summed E-state index contributed by atoms with van der Waals surface area (Å²) in [5.41, 5.74) is 0.788. The van der Waals surface area contributed by atoms with E-state index >= 15 is 0 Å². The highest BCUT2D eigenvalue weighted by atomic mass is 35.5. The van der Waals surface area contributed by atoms with Gasteiger partial charge in [0.1, 0.15) is 0 Å². The first-order valence-corrected chi connectivity index (χ1v) is 8.07. The van der Waals surface area contributed by atoms with E-state index in [2.05, 4.69) is 4.98 Å². The SMILES string of the molecule is CC(C)N(CCCl)S(=O)(=O)CCc1ccccn1. The number of sulfonamides is 1. The molecule has 18 heavy (non-hydrogen) atoms. The smallest absolute Gasteiger partial charge is 0.214 e. The molecule has 0 saturated heterocycles. The lowest BCUT2D eigenvalue weighted by Gasteiger charge is -2.24. The third-order valence-corrected chi connectivity index (χ3v) is 4.79. The van der Waals surface area contributed by atoms with Gasteiger partial charge in [-0.05, 0) is 26.0 Å². The maximum absolute atomic E-state index is 12.2. The lowest BCUT2D eigenvalue weighted by atomic mass is 10.3. The fraction of sp³-hybridized carbons (Fsp3) is 0.583. The van der Waals surface area contributed by atoms with Crippen molar-refractivity contribution in [1.29, 1.82) is 0 Å². The molecule has 102 valence electrons. The topological polar surface area (TPSA) is 50.3 Å². The van der Waals surface area contributed by atoms with Crippen molar-refractivity contribution in [2.24, 2.45) is 0 Å². The average Bonchev–Trinajstić information content (AvgIpc) is 2.34. The number of aromatic nitrogens is 1. The Kier molecular flexibility index (Phi) is 6.05. The monoisotopic (exact) mass is 290 g/mol. The number of rotatable bonds is 7. The Bertz CT molecular complexity index is 448. The van der Waals surface area contributed by atoms with Crippen molar-refractivity contribution in [3.8, 4) is 0 Å². The number of hydrogen-bond acceptors (Lipinski definition) is 3. The molecule has 0 aromatic carbocycles. The summed E-state index contributed by atoms with van der Waals surface area (Å²) < 4.78 is 25.8. The van der Waals surface area contributed by atoms with Crippen molar-refractivity contribution in [2.45, 2.75) is 26.3 Å². The summed E-state index contributed by atoms with van der Waals surface area (Å²) >= 11 is 5.65. The number of nitrogens with zero attached hydrogens (tertiary/aromatic N) is 2. The molecule has 0 unspecified atom stereocenters. The summed E-state index contributed by atoms with van der Waals surface area (Å²) in [7, 11) is -3.27. The Balaban J connectivity index is 2.68. The number of aryl methyl sites for hydroxylation is 1. The van der Waals surface area contributed by atoms with Crippen LogP contribution in [-0.2, 0) is 16.4 Å². The summed E-state index contributed by atoms with van der Waals surface area (Å²) in [6.07, 6.45) is 2.09. The van der Waals surface area contributed by atoms with Crippen molar-refractivity contribution in [3.05, 3.63) is 30.1 Å². The zero-order chi connectivity index (χ0) is 13.6. The molecule has 0 radical (unpaired) electrons. The van der Waals surface area contributed by atoms with Gasteiger partial charge >= 0.3 is 0 Å². The van der Waals surface area contributed by atoms with Gasteiger partial charge in [-0.2, -0.15) is 4.31 Å². The molecule has 0 aliphatic carbocycles. The van der Waals surface area contributed by atoms with Crippen LogP contribution in [0, 0.1) is 0 Å². The Morgan fingerprint density at radius 3 is 2.61 bits per heavy atom. The number of hydrogen-bond donors (Lipinski definition) is 0. The van der Waals surface area contributed by atoms with Gasteiger partial charge in [0, 0.05) is 36.8 Å². The molecule has 0 aliphatic rings. The van der Waals surface area contributed by atoms with Crippen molar-refractivity contribution < 1.29 is 8.42 Å². The van der Waals surface area contributed by atoms with Crippen LogP contribution in [0.2, 0.25) is 0 Å². The number of alkyl halides is 1. The highest BCUT2D eigenvalue weighted by Gasteiger charge is 2.23. The molecule has 4 nitrogen and oxygen atoms in total. The first-order valence-electron chi connectivity index (χ1n) is 5.93. The fourth-order valence-electron chi connectivity index (χ4n) is 1.70. The second-order valence-electron chi connectivity index (χ2n) is 4.28. The van der Waals surface area contributed by atoms with Gasteiger partial charge in [-0.15, -0.1) is 11.6 Å². The van der Waals surface area contributed by atoms with Crippen LogP contribution in [0.25, 0.3) is 0 Å². The molecule has 0 saturated carbocycles. The molecule has 6 heteroatoms. The van der Waals surface area contributed by atoms with Crippen LogP contribution in [0.3, 0.4) is 0 Å². The molecular weight excluding hydrogens is 272 g/mol. The summed E-state index contributed by atoms with van der Waals surface area (Å²) in [6.45, 7) is 4.06. The summed E-state index contributed by atoms with van der Waals surface area (Å²) in [5.74, 6) is 0.375. The van der Waals surface area contributed by atoms with Crippen LogP contribution < -0.4 is 0 Å². The molecule has 1 rings (SSSR count). The highest BCUT2D eigenvalue weighted by molar-refractivity contribution is 7.89. The van der Waals surface area contributed by atoms with Crippen molar-refractivity contribution in [1.82, 2.24) is 9.29 Å². The molecule has 0 atom stereocenters. The third-order valence-electron chi connectivity index (χ3n) is 2.58. The molecule has 1 aromatic heterocycles. The minimum atomic E-state index is -3.27. The second kappa shape index (κ2) is 7.07. The van der Waals surface area contributed by atoms with E-state index < -0.39 is 10.0 Å². The van der Waals surface area contributed by atoms with Gasteiger partial charge in [0.2, 0.25) is 10.0 Å². The first-order chi connectivity index (χ1) is 8.47. The minimum absolute atomic E-state index is 0.0685. The zero-order valence-electron chi connectivity index (χ0n) is 10.7. The largest absolute Gasteiger partial charge is 0.261 e.